The first-order chi connectivity index (χ1) is 10.0. The van der Waals surface area contributed by atoms with Crippen molar-refractivity contribution in [2.75, 3.05) is 39.5 Å². The molecular formula is C13H22N2O6. The molecule has 0 aromatic carbocycles. The standard InChI is InChI=1S/C13H22N2O6/c1-2-21-12(18)10-3-6-15(7-4-10)13(19)14-5-8-20-9-11(16)17/h10H,2-9H2,1H3,(H,14,19)(H,16,17). The number of carboxylic acids is 1. The van der Waals surface area contributed by atoms with Crippen molar-refractivity contribution in [1.29, 1.82) is 0 Å². The Morgan fingerprint density at radius 1 is 1.29 bits per heavy atom. The summed E-state index contributed by atoms with van der Waals surface area (Å²) in [5, 5.41) is 11.0. The first-order valence-corrected chi connectivity index (χ1v) is 7.03. The van der Waals surface area contributed by atoms with Crippen molar-refractivity contribution in [3.05, 3.63) is 0 Å². The number of hydrogen-bond donors (Lipinski definition) is 2. The third-order valence-electron chi connectivity index (χ3n) is 3.15. The number of piperidine rings is 1. The van der Waals surface area contributed by atoms with Gasteiger partial charge in [0.2, 0.25) is 0 Å². The molecule has 8 nitrogen and oxygen atoms in total. The van der Waals surface area contributed by atoms with E-state index in [1.54, 1.807) is 11.8 Å². The van der Waals surface area contributed by atoms with E-state index in [2.05, 4.69) is 5.32 Å². The summed E-state index contributed by atoms with van der Waals surface area (Å²) >= 11 is 0. The van der Waals surface area contributed by atoms with Crippen molar-refractivity contribution in [1.82, 2.24) is 10.2 Å². The average molecular weight is 302 g/mol. The third kappa shape index (κ3) is 6.44. The van der Waals surface area contributed by atoms with Crippen molar-refractivity contribution in [2.45, 2.75) is 19.8 Å². The zero-order valence-corrected chi connectivity index (χ0v) is 12.2. The molecule has 21 heavy (non-hydrogen) atoms. The Morgan fingerprint density at radius 2 is 1.95 bits per heavy atom. The highest BCUT2D eigenvalue weighted by Gasteiger charge is 2.27. The summed E-state index contributed by atoms with van der Waals surface area (Å²) in [4.78, 5) is 35.2. The minimum Gasteiger partial charge on any atom is -0.480 e. The van der Waals surface area contributed by atoms with Gasteiger partial charge in [0.05, 0.1) is 19.1 Å². The minimum atomic E-state index is -1.04. The Hall–Kier alpha value is -1.83. The van der Waals surface area contributed by atoms with Crippen LogP contribution in [0.2, 0.25) is 0 Å². The first-order valence-electron chi connectivity index (χ1n) is 7.03. The van der Waals surface area contributed by atoms with Crippen LogP contribution >= 0.6 is 0 Å². The lowest BCUT2D eigenvalue weighted by Gasteiger charge is -2.30. The van der Waals surface area contributed by atoms with Crippen LogP contribution in [0.4, 0.5) is 4.79 Å². The van der Waals surface area contributed by atoms with Crippen molar-refractivity contribution < 1.29 is 29.0 Å². The van der Waals surface area contributed by atoms with Crippen LogP contribution in [-0.4, -0.2) is 67.4 Å². The summed E-state index contributed by atoms with van der Waals surface area (Å²) < 4.78 is 9.78. The van der Waals surface area contributed by atoms with Gasteiger partial charge in [-0.05, 0) is 19.8 Å². The van der Waals surface area contributed by atoms with Gasteiger partial charge >= 0.3 is 18.0 Å². The number of carboxylic acid groups (broad SMARTS) is 1. The molecule has 120 valence electrons. The lowest BCUT2D eigenvalue weighted by atomic mass is 9.97. The molecule has 1 saturated heterocycles. The number of hydrogen-bond acceptors (Lipinski definition) is 5. The number of urea groups is 1. The summed E-state index contributed by atoms with van der Waals surface area (Å²) in [6, 6.07) is -0.226. The number of aliphatic carboxylic acids is 1. The predicted octanol–water partition coefficient (Wildman–Crippen LogP) is 0.0723. The fourth-order valence-corrected chi connectivity index (χ4v) is 2.08. The van der Waals surface area contributed by atoms with Gasteiger partial charge in [-0.25, -0.2) is 9.59 Å². The lowest BCUT2D eigenvalue weighted by Crippen LogP contribution is -2.46. The number of ether oxygens (including phenoxy) is 2. The van der Waals surface area contributed by atoms with Gasteiger partial charge in [0.15, 0.2) is 0 Å². The van der Waals surface area contributed by atoms with Gasteiger partial charge < -0.3 is 24.8 Å². The van der Waals surface area contributed by atoms with Crippen LogP contribution in [0.5, 0.6) is 0 Å². The second-order valence-electron chi connectivity index (χ2n) is 4.69. The molecule has 0 aliphatic carbocycles. The van der Waals surface area contributed by atoms with Crippen LogP contribution in [0, 0.1) is 5.92 Å². The second-order valence-corrected chi connectivity index (χ2v) is 4.69. The number of carbonyl (C=O) groups excluding carboxylic acids is 2. The smallest absolute Gasteiger partial charge is 0.329 e. The normalized spacial score (nSPS) is 15.6. The van der Waals surface area contributed by atoms with Gasteiger partial charge in [-0.15, -0.1) is 0 Å². The van der Waals surface area contributed by atoms with Crippen LogP contribution in [0.15, 0.2) is 0 Å². The molecule has 1 heterocycles. The van der Waals surface area contributed by atoms with E-state index >= 15 is 0 Å². The number of amides is 2. The van der Waals surface area contributed by atoms with Crippen LogP contribution < -0.4 is 5.32 Å². The van der Waals surface area contributed by atoms with E-state index in [0.717, 1.165) is 0 Å². The molecule has 1 aliphatic heterocycles. The maximum Gasteiger partial charge on any atom is 0.329 e. The zero-order valence-electron chi connectivity index (χ0n) is 12.2. The second kappa shape index (κ2) is 9.17. The van der Waals surface area contributed by atoms with E-state index in [-0.39, 0.29) is 37.7 Å². The summed E-state index contributed by atoms with van der Waals surface area (Å²) in [5.41, 5.74) is 0. The Morgan fingerprint density at radius 3 is 2.52 bits per heavy atom. The Bertz CT molecular complexity index is 366. The van der Waals surface area contributed by atoms with Crippen molar-refractivity contribution in [3.63, 3.8) is 0 Å². The number of nitrogens with zero attached hydrogens (tertiary/aromatic N) is 1. The van der Waals surface area contributed by atoms with Gasteiger partial charge in [0.25, 0.3) is 0 Å². The Labute approximate surface area is 123 Å². The monoisotopic (exact) mass is 302 g/mol. The molecule has 0 atom stereocenters. The van der Waals surface area contributed by atoms with Crippen molar-refractivity contribution in [3.8, 4) is 0 Å². The molecule has 1 fully saturated rings. The number of esters is 1. The van der Waals surface area contributed by atoms with Crippen LogP contribution in [0.3, 0.4) is 0 Å². The summed E-state index contributed by atoms with van der Waals surface area (Å²) in [7, 11) is 0. The van der Waals surface area contributed by atoms with Gasteiger partial charge in [0.1, 0.15) is 6.61 Å². The fourth-order valence-electron chi connectivity index (χ4n) is 2.08. The lowest BCUT2D eigenvalue weighted by molar-refractivity contribution is -0.149. The molecule has 1 rings (SSSR count). The Balaban J connectivity index is 2.17. The maximum absolute atomic E-state index is 11.8. The number of rotatable bonds is 7. The van der Waals surface area contributed by atoms with E-state index in [0.29, 0.717) is 32.5 Å². The zero-order chi connectivity index (χ0) is 15.7. The average Bonchev–Trinajstić information content (AvgIpc) is 2.46. The van der Waals surface area contributed by atoms with Gasteiger partial charge in [-0.1, -0.05) is 0 Å². The highest BCUT2D eigenvalue weighted by Crippen LogP contribution is 2.18. The summed E-state index contributed by atoms with van der Waals surface area (Å²) in [6.07, 6.45) is 1.20. The van der Waals surface area contributed by atoms with Crippen LogP contribution in [0.25, 0.3) is 0 Å². The molecule has 1 aliphatic rings. The molecule has 0 unspecified atom stereocenters. The topological polar surface area (TPSA) is 105 Å². The van der Waals surface area contributed by atoms with Gasteiger partial charge in [-0.2, -0.15) is 0 Å². The molecule has 0 aromatic rings. The SMILES string of the molecule is CCOC(=O)C1CCN(C(=O)NCCOCC(=O)O)CC1. The molecule has 0 radical (unpaired) electrons. The molecule has 0 saturated carbocycles. The van der Waals surface area contributed by atoms with Crippen LogP contribution in [0.1, 0.15) is 19.8 Å². The number of carbonyl (C=O) groups is 3. The molecule has 2 amide bonds. The third-order valence-corrected chi connectivity index (χ3v) is 3.15. The predicted molar refractivity (Wildman–Crippen MR) is 72.8 cm³/mol. The molecular weight excluding hydrogens is 280 g/mol. The molecule has 0 aromatic heterocycles. The van der Waals surface area contributed by atoms with Crippen LogP contribution in [-0.2, 0) is 19.1 Å². The van der Waals surface area contributed by atoms with E-state index in [4.69, 9.17) is 14.6 Å². The van der Waals surface area contributed by atoms with Gasteiger partial charge in [-0.3, -0.25) is 4.79 Å². The quantitative estimate of drug-likeness (QED) is 0.509. The fraction of sp³-hybridized carbons (Fsp3) is 0.769. The molecule has 0 spiro atoms. The summed E-state index contributed by atoms with van der Waals surface area (Å²) in [5.74, 6) is -1.37. The molecule has 0 bridgehead atoms. The van der Waals surface area contributed by atoms with Gasteiger partial charge in [0, 0.05) is 19.6 Å². The maximum atomic E-state index is 11.8. The first kappa shape index (κ1) is 17.2. The minimum absolute atomic E-state index is 0.132. The molecule has 2 N–H and O–H groups in total. The van der Waals surface area contributed by atoms with Crippen molar-refractivity contribution in [2.24, 2.45) is 5.92 Å². The van der Waals surface area contributed by atoms with E-state index < -0.39 is 5.97 Å². The Kier molecular flexibility index (Phi) is 7.52. The van der Waals surface area contributed by atoms with E-state index in [1.165, 1.54) is 0 Å². The largest absolute Gasteiger partial charge is 0.480 e. The summed E-state index contributed by atoms with van der Waals surface area (Å²) in [6.45, 7) is 3.18. The highest BCUT2D eigenvalue weighted by molar-refractivity contribution is 5.76. The number of likely N-dealkylation sites (tertiary alicyclic amines) is 1. The van der Waals surface area contributed by atoms with E-state index in [9.17, 15) is 14.4 Å². The molecule has 8 heteroatoms. The van der Waals surface area contributed by atoms with E-state index in [1.807, 2.05) is 0 Å². The number of nitrogens with one attached hydrogen (secondary N) is 1. The highest BCUT2D eigenvalue weighted by atomic mass is 16.5. The van der Waals surface area contributed by atoms with Crippen molar-refractivity contribution >= 4 is 18.0 Å².